The first-order chi connectivity index (χ1) is 9.56. The molecule has 2 rings (SSSR count). The minimum Gasteiger partial charge on any atom is -0.309 e. The fraction of sp³-hybridized carbons (Fsp3) is 0.647. The molecule has 2 atom stereocenters. The van der Waals surface area contributed by atoms with E-state index >= 15 is 0 Å². The van der Waals surface area contributed by atoms with Crippen LogP contribution in [0, 0.1) is 0 Å². The first kappa shape index (κ1) is 15.8. The van der Waals surface area contributed by atoms with Crippen molar-refractivity contribution in [1.82, 2.24) is 10.2 Å². The van der Waals surface area contributed by atoms with E-state index in [1.165, 1.54) is 24.8 Å². The average molecular weight is 295 g/mol. The Kier molecular flexibility index (Phi) is 5.48. The van der Waals surface area contributed by atoms with Crippen LogP contribution in [0.4, 0.5) is 0 Å². The van der Waals surface area contributed by atoms with Crippen LogP contribution in [0.5, 0.6) is 0 Å². The van der Waals surface area contributed by atoms with Crippen molar-refractivity contribution in [3.8, 4) is 0 Å². The Hall–Kier alpha value is -0.570. The van der Waals surface area contributed by atoms with Gasteiger partial charge in [-0.15, -0.1) is 0 Å². The maximum absolute atomic E-state index is 5.98. The van der Waals surface area contributed by atoms with Crippen LogP contribution < -0.4 is 5.32 Å². The maximum atomic E-state index is 5.98. The van der Waals surface area contributed by atoms with E-state index in [1.54, 1.807) is 0 Å². The summed E-state index contributed by atoms with van der Waals surface area (Å²) in [6.07, 6.45) is 3.68. The van der Waals surface area contributed by atoms with Crippen molar-refractivity contribution in [1.29, 1.82) is 0 Å². The molecule has 1 heterocycles. The molecule has 0 aromatic heterocycles. The summed E-state index contributed by atoms with van der Waals surface area (Å²) in [6.45, 7) is 10.1. The van der Waals surface area contributed by atoms with Gasteiger partial charge in [-0.1, -0.05) is 44.0 Å². The fourth-order valence-electron chi connectivity index (χ4n) is 2.99. The summed E-state index contributed by atoms with van der Waals surface area (Å²) in [4.78, 5) is 2.65. The second kappa shape index (κ2) is 6.93. The molecule has 1 aliphatic heterocycles. The normalized spacial score (nSPS) is 27.7. The van der Waals surface area contributed by atoms with Gasteiger partial charge in [0.2, 0.25) is 0 Å². The quantitative estimate of drug-likeness (QED) is 0.880. The predicted molar refractivity (Wildman–Crippen MR) is 87.3 cm³/mol. The summed E-state index contributed by atoms with van der Waals surface area (Å²) in [5.41, 5.74) is 1.60. The minimum atomic E-state index is 0.247. The molecule has 2 nitrogen and oxygen atoms in total. The number of rotatable bonds is 5. The van der Waals surface area contributed by atoms with E-state index in [-0.39, 0.29) is 5.54 Å². The van der Waals surface area contributed by atoms with Crippen LogP contribution in [-0.4, -0.2) is 29.6 Å². The number of benzene rings is 1. The van der Waals surface area contributed by atoms with Gasteiger partial charge in [-0.3, -0.25) is 4.90 Å². The maximum Gasteiger partial charge on any atom is 0.0406 e. The van der Waals surface area contributed by atoms with Crippen LogP contribution in [0.2, 0.25) is 5.02 Å². The lowest BCUT2D eigenvalue weighted by Gasteiger charge is -2.46. The molecule has 0 radical (unpaired) electrons. The molecule has 0 amide bonds. The molecule has 112 valence electrons. The first-order valence-corrected chi connectivity index (χ1v) is 8.17. The SMILES string of the molecule is CCCC1CNC(C)(CC)CN1Cc1ccc(Cl)cc1. The van der Waals surface area contributed by atoms with Crippen LogP contribution in [0.1, 0.15) is 45.6 Å². The van der Waals surface area contributed by atoms with Gasteiger partial charge >= 0.3 is 0 Å². The van der Waals surface area contributed by atoms with Gasteiger partial charge in [0.05, 0.1) is 0 Å². The van der Waals surface area contributed by atoms with E-state index in [9.17, 15) is 0 Å². The largest absolute Gasteiger partial charge is 0.309 e. The molecule has 1 aliphatic rings. The zero-order valence-electron chi connectivity index (χ0n) is 13.0. The third-order valence-electron chi connectivity index (χ3n) is 4.53. The number of hydrogen-bond donors (Lipinski definition) is 1. The second-order valence-electron chi connectivity index (χ2n) is 6.27. The second-order valence-corrected chi connectivity index (χ2v) is 6.71. The summed E-state index contributed by atoms with van der Waals surface area (Å²) < 4.78 is 0. The molecule has 20 heavy (non-hydrogen) atoms. The molecule has 1 fully saturated rings. The van der Waals surface area contributed by atoms with Gasteiger partial charge in [0.25, 0.3) is 0 Å². The summed E-state index contributed by atoms with van der Waals surface area (Å²) >= 11 is 5.98. The van der Waals surface area contributed by atoms with Crippen LogP contribution in [-0.2, 0) is 6.54 Å². The number of nitrogens with zero attached hydrogens (tertiary/aromatic N) is 1. The molecule has 3 heteroatoms. The van der Waals surface area contributed by atoms with E-state index in [4.69, 9.17) is 11.6 Å². The lowest BCUT2D eigenvalue weighted by molar-refractivity contribution is 0.0726. The molecule has 1 saturated heterocycles. The van der Waals surface area contributed by atoms with Crippen molar-refractivity contribution in [3.63, 3.8) is 0 Å². The monoisotopic (exact) mass is 294 g/mol. The molecular formula is C17H27ClN2. The van der Waals surface area contributed by atoms with E-state index in [0.29, 0.717) is 6.04 Å². The minimum absolute atomic E-state index is 0.247. The summed E-state index contributed by atoms with van der Waals surface area (Å²) in [5.74, 6) is 0. The molecule has 1 N–H and O–H groups in total. The molecule has 2 unspecified atom stereocenters. The smallest absolute Gasteiger partial charge is 0.0406 e. The molecule has 0 spiro atoms. The Bertz CT molecular complexity index is 418. The molecule has 0 aliphatic carbocycles. The number of hydrogen-bond acceptors (Lipinski definition) is 2. The Morgan fingerprint density at radius 1 is 1.30 bits per heavy atom. The highest BCUT2D eigenvalue weighted by atomic mass is 35.5. The summed E-state index contributed by atoms with van der Waals surface area (Å²) in [7, 11) is 0. The number of nitrogens with one attached hydrogen (secondary N) is 1. The molecule has 0 saturated carbocycles. The van der Waals surface area contributed by atoms with Gasteiger partial charge in [0, 0.05) is 36.2 Å². The van der Waals surface area contributed by atoms with Crippen molar-refractivity contribution in [2.75, 3.05) is 13.1 Å². The van der Waals surface area contributed by atoms with Crippen LogP contribution in [0.3, 0.4) is 0 Å². The van der Waals surface area contributed by atoms with E-state index in [2.05, 4.69) is 43.1 Å². The Morgan fingerprint density at radius 3 is 2.60 bits per heavy atom. The molecule has 1 aromatic rings. The average Bonchev–Trinajstić information content (AvgIpc) is 2.45. The zero-order valence-corrected chi connectivity index (χ0v) is 13.7. The Labute approximate surface area is 128 Å². The van der Waals surface area contributed by atoms with Gasteiger partial charge in [-0.25, -0.2) is 0 Å². The van der Waals surface area contributed by atoms with Crippen molar-refractivity contribution in [2.24, 2.45) is 0 Å². The van der Waals surface area contributed by atoms with E-state index < -0.39 is 0 Å². The predicted octanol–water partition coefficient (Wildman–Crippen LogP) is 4.08. The van der Waals surface area contributed by atoms with Crippen molar-refractivity contribution in [3.05, 3.63) is 34.9 Å². The Morgan fingerprint density at radius 2 is 2.00 bits per heavy atom. The number of halogens is 1. The third kappa shape index (κ3) is 3.97. The topological polar surface area (TPSA) is 15.3 Å². The van der Waals surface area contributed by atoms with Crippen LogP contribution >= 0.6 is 11.6 Å². The van der Waals surface area contributed by atoms with Gasteiger partial charge in [0.15, 0.2) is 0 Å². The fourth-order valence-corrected chi connectivity index (χ4v) is 3.12. The van der Waals surface area contributed by atoms with Gasteiger partial charge in [-0.2, -0.15) is 0 Å². The summed E-state index contributed by atoms with van der Waals surface area (Å²) in [5, 5.41) is 4.56. The van der Waals surface area contributed by atoms with Crippen LogP contribution in [0.25, 0.3) is 0 Å². The zero-order chi connectivity index (χ0) is 14.6. The van der Waals surface area contributed by atoms with Crippen molar-refractivity contribution < 1.29 is 0 Å². The van der Waals surface area contributed by atoms with Gasteiger partial charge in [0.1, 0.15) is 0 Å². The first-order valence-electron chi connectivity index (χ1n) is 7.80. The molecule has 0 bridgehead atoms. The number of piperazine rings is 1. The molecular weight excluding hydrogens is 268 g/mol. The third-order valence-corrected chi connectivity index (χ3v) is 4.79. The standard InChI is InChI=1S/C17H27ClN2/c1-4-6-16-11-19-17(3,5-2)13-20(16)12-14-7-9-15(18)10-8-14/h7-10,16,19H,4-6,11-13H2,1-3H3. The van der Waals surface area contributed by atoms with E-state index in [0.717, 1.165) is 24.7 Å². The van der Waals surface area contributed by atoms with Crippen molar-refractivity contribution in [2.45, 2.75) is 58.2 Å². The highest BCUT2D eigenvalue weighted by Gasteiger charge is 2.33. The highest BCUT2D eigenvalue weighted by molar-refractivity contribution is 6.30. The summed E-state index contributed by atoms with van der Waals surface area (Å²) in [6, 6.07) is 8.93. The molecule has 1 aromatic carbocycles. The van der Waals surface area contributed by atoms with E-state index in [1.807, 2.05) is 12.1 Å². The van der Waals surface area contributed by atoms with Gasteiger partial charge < -0.3 is 5.32 Å². The lowest BCUT2D eigenvalue weighted by Crippen LogP contribution is -2.62. The van der Waals surface area contributed by atoms with Gasteiger partial charge in [-0.05, 0) is 37.5 Å². The highest BCUT2D eigenvalue weighted by Crippen LogP contribution is 2.23. The lowest BCUT2D eigenvalue weighted by atomic mass is 9.92. The van der Waals surface area contributed by atoms with Crippen LogP contribution in [0.15, 0.2) is 24.3 Å². The Balaban J connectivity index is 2.08. The van der Waals surface area contributed by atoms with Crippen molar-refractivity contribution >= 4 is 11.6 Å².